The molecule has 0 saturated carbocycles. The van der Waals surface area contributed by atoms with Crippen molar-refractivity contribution in [3.05, 3.63) is 70.1 Å². The first-order valence-corrected chi connectivity index (χ1v) is 7.24. The Bertz CT molecular complexity index is 728. The number of benzene rings is 2. The SMILES string of the molecule is O=C(Cc1csc2ccccc12)c1ccc(Cl)cc1. The van der Waals surface area contributed by atoms with Crippen molar-refractivity contribution in [2.75, 3.05) is 0 Å². The molecule has 0 aliphatic carbocycles. The summed E-state index contributed by atoms with van der Waals surface area (Å²) in [7, 11) is 0. The Morgan fingerprint density at radius 2 is 1.79 bits per heavy atom. The van der Waals surface area contributed by atoms with E-state index in [1.54, 1.807) is 35.6 Å². The van der Waals surface area contributed by atoms with Crippen molar-refractivity contribution in [2.45, 2.75) is 6.42 Å². The van der Waals surface area contributed by atoms with E-state index in [4.69, 9.17) is 11.6 Å². The molecular weight excluding hydrogens is 276 g/mol. The van der Waals surface area contributed by atoms with Crippen molar-refractivity contribution in [1.29, 1.82) is 0 Å². The number of fused-ring (bicyclic) bond motifs is 1. The van der Waals surface area contributed by atoms with Crippen molar-refractivity contribution in [2.24, 2.45) is 0 Å². The van der Waals surface area contributed by atoms with E-state index in [-0.39, 0.29) is 5.78 Å². The minimum absolute atomic E-state index is 0.125. The van der Waals surface area contributed by atoms with Crippen LogP contribution in [0.3, 0.4) is 0 Å². The molecule has 0 bridgehead atoms. The van der Waals surface area contributed by atoms with Crippen LogP contribution in [0.15, 0.2) is 53.9 Å². The largest absolute Gasteiger partial charge is 0.294 e. The minimum atomic E-state index is 0.125. The lowest BCUT2D eigenvalue weighted by Crippen LogP contribution is -2.02. The van der Waals surface area contributed by atoms with Gasteiger partial charge in [0.1, 0.15) is 0 Å². The Hall–Kier alpha value is -1.64. The number of ketones is 1. The normalized spacial score (nSPS) is 10.8. The van der Waals surface area contributed by atoms with Gasteiger partial charge in [0.05, 0.1) is 0 Å². The lowest BCUT2D eigenvalue weighted by molar-refractivity contribution is 0.0993. The van der Waals surface area contributed by atoms with E-state index in [9.17, 15) is 4.79 Å². The van der Waals surface area contributed by atoms with Crippen LogP contribution in [0.5, 0.6) is 0 Å². The number of Topliss-reactive ketones (excluding diaryl/α,β-unsaturated/α-hetero) is 1. The molecule has 0 fully saturated rings. The van der Waals surface area contributed by atoms with Gasteiger partial charge in [-0.25, -0.2) is 0 Å². The number of carbonyl (C=O) groups is 1. The fraction of sp³-hybridized carbons (Fsp3) is 0.0625. The molecule has 0 unspecified atom stereocenters. The molecule has 0 aliphatic heterocycles. The first kappa shape index (κ1) is 12.4. The monoisotopic (exact) mass is 286 g/mol. The van der Waals surface area contributed by atoms with Crippen LogP contribution in [-0.4, -0.2) is 5.78 Å². The van der Waals surface area contributed by atoms with Crippen LogP contribution >= 0.6 is 22.9 Å². The summed E-state index contributed by atoms with van der Waals surface area (Å²) < 4.78 is 1.22. The molecule has 2 aromatic carbocycles. The van der Waals surface area contributed by atoms with Gasteiger partial charge in [0, 0.05) is 21.7 Å². The zero-order chi connectivity index (χ0) is 13.2. The lowest BCUT2D eigenvalue weighted by Gasteiger charge is -2.01. The Labute approximate surface area is 120 Å². The highest BCUT2D eigenvalue weighted by molar-refractivity contribution is 7.17. The fourth-order valence-corrected chi connectivity index (χ4v) is 3.17. The average Bonchev–Trinajstić information content (AvgIpc) is 2.83. The van der Waals surface area contributed by atoms with Crippen molar-refractivity contribution < 1.29 is 4.79 Å². The quantitative estimate of drug-likeness (QED) is 0.621. The van der Waals surface area contributed by atoms with Gasteiger partial charge in [-0.1, -0.05) is 29.8 Å². The molecule has 1 aromatic heterocycles. The minimum Gasteiger partial charge on any atom is -0.294 e. The highest BCUT2D eigenvalue weighted by atomic mass is 35.5. The predicted molar refractivity (Wildman–Crippen MR) is 81.3 cm³/mol. The van der Waals surface area contributed by atoms with Gasteiger partial charge in [-0.15, -0.1) is 11.3 Å². The van der Waals surface area contributed by atoms with Gasteiger partial charge >= 0.3 is 0 Å². The summed E-state index contributed by atoms with van der Waals surface area (Å²) in [6.45, 7) is 0. The van der Waals surface area contributed by atoms with Gasteiger partial charge in [-0.2, -0.15) is 0 Å². The lowest BCUT2D eigenvalue weighted by atomic mass is 10.0. The first-order valence-electron chi connectivity index (χ1n) is 5.98. The van der Waals surface area contributed by atoms with E-state index in [0.717, 1.165) is 5.56 Å². The molecule has 0 spiro atoms. The fourth-order valence-electron chi connectivity index (χ4n) is 2.08. The Morgan fingerprint density at radius 1 is 1.05 bits per heavy atom. The summed E-state index contributed by atoms with van der Waals surface area (Å²) >= 11 is 7.51. The van der Waals surface area contributed by atoms with Gasteiger partial charge < -0.3 is 0 Å². The summed E-state index contributed by atoms with van der Waals surface area (Å²) in [5.41, 5.74) is 1.81. The van der Waals surface area contributed by atoms with Crippen molar-refractivity contribution in [1.82, 2.24) is 0 Å². The van der Waals surface area contributed by atoms with E-state index in [0.29, 0.717) is 17.0 Å². The third-order valence-corrected chi connectivity index (χ3v) is 4.34. The number of rotatable bonds is 3. The van der Waals surface area contributed by atoms with Crippen molar-refractivity contribution in [3.63, 3.8) is 0 Å². The van der Waals surface area contributed by atoms with Crippen molar-refractivity contribution >= 4 is 38.8 Å². The Kier molecular flexibility index (Phi) is 3.36. The maximum Gasteiger partial charge on any atom is 0.167 e. The number of hydrogen-bond acceptors (Lipinski definition) is 2. The van der Waals surface area contributed by atoms with Crippen LogP contribution in [0.25, 0.3) is 10.1 Å². The number of halogens is 1. The topological polar surface area (TPSA) is 17.1 Å². The molecule has 0 atom stereocenters. The zero-order valence-corrected chi connectivity index (χ0v) is 11.7. The summed E-state index contributed by atoms with van der Waals surface area (Å²) in [6.07, 6.45) is 0.436. The maximum atomic E-state index is 12.2. The summed E-state index contributed by atoms with van der Waals surface area (Å²) in [6, 6.07) is 15.2. The maximum absolute atomic E-state index is 12.2. The molecule has 3 heteroatoms. The van der Waals surface area contributed by atoms with Gasteiger partial charge in [-0.05, 0) is 46.7 Å². The highest BCUT2D eigenvalue weighted by Gasteiger charge is 2.10. The van der Waals surface area contributed by atoms with E-state index in [2.05, 4.69) is 17.5 Å². The zero-order valence-electron chi connectivity index (χ0n) is 10.1. The molecule has 1 heterocycles. The van der Waals surface area contributed by atoms with Gasteiger partial charge in [-0.3, -0.25) is 4.79 Å². The number of hydrogen-bond donors (Lipinski definition) is 0. The van der Waals surface area contributed by atoms with Gasteiger partial charge in [0.2, 0.25) is 0 Å². The van der Waals surface area contributed by atoms with Crippen LogP contribution < -0.4 is 0 Å². The van der Waals surface area contributed by atoms with Gasteiger partial charge in [0.25, 0.3) is 0 Å². The molecule has 1 nitrogen and oxygen atoms in total. The predicted octanol–water partition coefficient (Wildman–Crippen LogP) is 4.98. The standard InChI is InChI=1S/C16H11ClOS/c17-13-7-5-11(6-8-13)15(18)9-12-10-19-16-4-2-1-3-14(12)16/h1-8,10H,9H2. The van der Waals surface area contributed by atoms with Crippen LogP contribution in [0, 0.1) is 0 Å². The third-order valence-electron chi connectivity index (χ3n) is 3.08. The second-order valence-corrected chi connectivity index (χ2v) is 5.71. The third kappa shape index (κ3) is 2.55. The molecule has 94 valence electrons. The van der Waals surface area contributed by atoms with Crippen molar-refractivity contribution in [3.8, 4) is 0 Å². The molecule has 3 aromatic rings. The molecule has 0 saturated heterocycles. The smallest absolute Gasteiger partial charge is 0.167 e. The molecule has 3 rings (SSSR count). The van der Waals surface area contributed by atoms with Gasteiger partial charge in [0.15, 0.2) is 5.78 Å². The molecule has 0 amide bonds. The van der Waals surface area contributed by atoms with Crippen LogP contribution in [0.2, 0.25) is 5.02 Å². The van der Waals surface area contributed by atoms with E-state index in [1.807, 2.05) is 12.1 Å². The van der Waals surface area contributed by atoms with Crippen LogP contribution in [0.1, 0.15) is 15.9 Å². The number of carbonyl (C=O) groups excluding carboxylic acids is 1. The molecule has 19 heavy (non-hydrogen) atoms. The molecule has 0 aliphatic rings. The molecule has 0 N–H and O–H groups in total. The summed E-state index contributed by atoms with van der Waals surface area (Å²) in [4.78, 5) is 12.2. The average molecular weight is 287 g/mol. The molecular formula is C16H11ClOS. The molecule has 0 radical (unpaired) electrons. The summed E-state index contributed by atoms with van der Waals surface area (Å²) in [5.74, 6) is 0.125. The van der Waals surface area contributed by atoms with E-state index >= 15 is 0 Å². The highest BCUT2D eigenvalue weighted by Crippen LogP contribution is 2.26. The summed E-state index contributed by atoms with van der Waals surface area (Å²) in [5, 5.41) is 3.89. The first-order chi connectivity index (χ1) is 9.24. The second-order valence-electron chi connectivity index (χ2n) is 4.36. The second kappa shape index (κ2) is 5.16. The van der Waals surface area contributed by atoms with E-state index < -0.39 is 0 Å². The van der Waals surface area contributed by atoms with Crippen LogP contribution in [0.4, 0.5) is 0 Å². The Morgan fingerprint density at radius 3 is 2.58 bits per heavy atom. The Balaban J connectivity index is 1.89. The van der Waals surface area contributed by atoms with Crippen LogP contribution in [-0.2, 0) is 6.42 Å². The van der Waals surface area contributed by atoms with E-state index in [1.165, 1.54) is 10.1 Å². The number of thiophene rings is 1.